The third kappa shape index (κ3) is 5.31. The minimum absolute atomic E-state index is 0.0897. The molecule has 2 rings (SSSR count). The predicted octanol–water partition coefficient (Wildman–Crippen LogP) is 3.40. The van der Waals surface area contributed by atoms with Crippen LogP contribution in [0.15, 0.2) is 22.8 Å². The highest BCUT2D eigenvalue weighted by Crippen LogP contribution is 2.47. The van der Waals surface area contributed by atoms with Crippen LogP contribution in [-0.2, 0) is 23.9 Å². The van der Waals surface area contributed by atoms with Crippen molar-refractivity contribution in [2.75, 3.05) is 0 Å². The zero-order valence-electron chi connectivity index (χ0n) is 18.5. The molecule has 0 saturated heterocycles. The normalized spacial score (nSPS) is 30.3. The molecule has 168 valence electrons. The Bertz CT molecular complexity index is 736. The van der Waals surface area contributed by atoms with Crippen molar-refractivity contribution in [1.29, 1.82) is 0 Å². The molecular weight excluding hydrogens is 388 g/mol. The molecule has 0 bridgehead atoms. The van der Waals surface area contributed by atoms with Gasteiger partial charge in [0, 0.05) is 17.9 Å². The summed E-state index contributed by atoms with van der Waals surface area (Å²) in [5, 5.41) is 19.8. The lowest BCUT2D eigenvalue weighted by molar-refractivity contribution is -0.163. The first-order chi connectivity index (χ1) is 14.1. The number of carbonyl (C=O) groups is 3. The van der Waals surface area contributed by atoms with Crippen molar-refractivity contribution in [1.82, 2.24) is 0 Å². The molecule has 2 N–H and O–H groups in total. The molecule has 6 unspecified atom stereocenters. The zero-order valence-corrected chi connectivity index (χ0v) is 18.5. The largest absolute Gasteiger partial charge is 0.479 e. The first-order valence-electron chi connectivity index (χ1n) is 10.7. The molecule has 0 aliphatic heterocycles. The number of aliphatic hydroxyl groups is 1. The van der Waals surface area contributed by atoms with Crippen LogP contribution in [0.5, 0.6) is 0 Å². The highest BCUT2D eigenvalue weighted by atomic mass is 16.5. The van der Waals surface area contributed by atoms with Crippen LogP contribution in [0.2, 0.25) is 0 Å². The molecule has 7 heteroatoms. The maximum Gasteiger partial charge on any atom is 0.333 e. The smallest absolute Gasteiger partial charge is 0.333 e. The minimum Gasteiger partial charge on any atom is -0.479 e. The average molecular weight is 423 g/mol. The van der Waals surface area contributed by atoms with Crippen molar-refractivity contribution in [3.05, 3.63) is 22.8 Å². The van der Waals surface area contributed by atoms with Crippen LogP contribution in [0, 0.1) is 17.8 Å². The summed E-state index contributed by atoms with van der Waals surface area (Å²) in [7, 11) is 0. The number of esters is 2. The molecule has 1 fully saturated rings. The van der Waals surface area contributed by atoms with E-state index in [1.165, 1.54) is 0 Å². The van der Waals surface area contributed by atoms with Gasteiger partial charge in [-0.3, -0.25) is 4.79 Å². The lowest BCUT2D eigenvalue weighted by atomic mass is 9.86. The Hall–Kier alpha value is -2.15. The summed E-state index contributed by atoms with van der Waals surface area (Å²) in [4.78, 5) is 35.9. The molecular formula is C23H34O7. The Morgan fingerprint density at radius 3 is 2.47 bits per heavy atom. The third-order valence-electron chi connectivity index (χ3n) is 6.53. The van der Waals surface area contributed by atoms with Crippen molar-refractivity contribution in [3.8, 4) is 0 Å². The van der Waals surface area contributed by atoms with E-state index in [1.54, 1.807) is 19.9 Å². The van der Waals surface area contributed by atoms with Crippen LogP contribution in [-0.4, -0.2) is 46.4 Å². The number of carboxylic acid groups (broad SMARTS) is 1. The van der Waals surface area contributed by atoms with E-state index in [2.05, 4.69) is 0 Å². The number of hydrogen-bond acceptors (Lipinski definition) is 6. The van der Waals surface area contributed by atoms with Gasteiger partial charge in [0.25, 0.3) is 0 Å². The van der Waals surface area contributed by atoms with Gasteiger partial charge in [0.2, 0.25) is 0 Å². The molecule has 30 heavy (non-hydrogen) atoms. The number of allylic oxidation sites excluding steroid dienone is 2. The van der Waals surface area contributed by atoms with Crippen molar-refractivity contribution in [2.24, 2.45) is 17.8 Å². The van der Waals surface area contributed by atoms with Crippen molar-refractivity contribution in [3.63, 3.8) is 0 Å². The van der Waals surface area contributed by atoms with E-state index in [0.717, 1.165) is 11.1 Å². The molecule has 2 aliphatic carbocycles. The van der Waals surface area contributed by atoms with Crippen molar-refractivity contribution < 1.29 is 34.1 Å². The van der Waals surface area contributed by atoms with Gasteiger partial charge >= 0.3 is 17.9 Å². The van der Waals surface area contributed by atoms with Crippen molar-refractivity contribution in [2.45, 2.75) is 85.0 Å². The molecule has 0 spiro atoms. The summed E-state index contributed by atoms with van der Waals surface area (Å²) in [5.74, 6) is -2.62. The Morgan fingerprint density at radius 1 is 1.23 bits per heavy atom. The van der Waals surface area contributed by atoms with Gasteiger partial charge in [-0.05, 0) is 63.9 Å². The molecule has 0 radical (unpaired) electrons. The van der Waals surface area contributed by atoms with E-state index in [4.69, 9.17) is 9.47 Å². The number of carbonyl (C=O) groups excluding carboxylic acids is 2. The molecule has 7 nitrogen and oxygen atoms in total. The Kier molecular flexibility index (Phi) is 8.24. The molecule has 0 amide bonds. The minimum atomic E-state index is -1.64. The summed E-state index contributed by atoms with van der Waals surface area (Å²) in [6.45, 7) is 9.29. The topological polar surface area (TPSA) is 110 Å². The van der Waals surface area contributed by atoms with E-state index < -0.39 is 24.1 Å². The second-order valence-corrected chi connectivity index (χ2v) is 8.56. The third-order valence-corrected chi connectivity index (χ3v) is 6.53. The van der Waals surface area contributed by atoms with Gasteiger partial charge in [0.05, 0.1) is 0 Å². The Labute approximate surface area is 178 Å². The van der Waals surface area contributed by atoms with Crippen molar-refractivity contribution >= 4 is 17.9 Å². The maximum atomic E-state index is 12.2. The van der Waals surface area contributed by atoms with Gasteiger partial charge in [0.15, 0.2) is 6.10 Å². The van der Waals surface area contributed by atoms with Gasteiger partial charge in [-0.1, -0.05) is 25.5 Å². The van der Waals surface area contributed by atoms with Crippen LogP contribution in [0.4, 0.5) is 0 Å². The molecule has 2 aliphatic rings. The number of rotatable bonds is 7. The molecule has 6 atom stereocenters. The zero-order chi connectivity index (χ0) is 22.6. The summed E-state index contributed by atoms with van der Waals surface area (Å²) in [6.07, 6.45) is 1.32. The molecule has 0 heterocycles. The lowest BCUT2D eigenvalue weighted by Crippen LogP contribution is -2.39. The highest BCUT2D eigenvalue weighted by molar-refractivity contribution is 5.88. The van der Waals surface area contributed by atoms with Gasteiger partial charge < -0.3 is 19.7 Å². The number of fused-ring (bicyclic) bond motifs is 1. The second-order valence-electron chi connectivity index (χ2n) is 8.56. The van der Waals surface area contributed by atoms with Crippen LogP contribution >= 0.6 is 0 Å². The first kappa shape index (κ1) is 24.1. The molecule has 0 aromatic carbocycles. The standard InChI is InChI=1S/C23H34O7/c1-6-8-20(24)29-19-9-13(4)15-11-18(30-23(28)12(3)7-2)14(5)16(15)10-17(19)21(25)22(26)27/h7,13,15,17-19,21,25H,6,8-11H2,1-5H3,(H,26,27)/b12-7-. The quantitative estimate of drug-likeness (QED) is 0.367. The summed E-state index contributed by atoms with van der Waals surface area (Å²) >= 11 is 0. The summed E-state index contributed by atoms with van der Waals surface area (Å²) in [5.41, 5.74) is 2.46. The van der Waals surface area contributed by atoms with E-state index in [1.807, 2.05) is 20.8 Å². The Balaban J connectivity index is 2.32. The number of ether oxygens (including phenoxy) is 2. The van der Waals surface area contributed by atoms with Crippen LogP contribution < -0.4 is 0 Å². The van der Waals surface area contributed by atoms with Crippen LogP contribution in [0.1, 0.15) is 66.7 Å². The molecule has 0 aromatic heterocycles. The second kappa shape index (κ2) is 10.2. The van der Waals surface area contributed by atoms with Gasteiger partial charge in [-0.2, -0.15) is 0 Å². The number of carboxylic acids is 1. The van der Waals surface area contributed by atoms with E-state index in [9.17, 15) is 24.6 Å². The maximum absolute atomic E-state index is 12.2. The van der Waals surface area contributed by atoms with Gasteiger partial charge in [-0.25, -0.2) is 9.59 Å². The fourth-order valence-corrected chi connectivity index (χ4v) is 4.57. The number of aliphatic carboxylic acids is 1. The summed E-state index contributed by atoms with van der Waals surface area (Å²) in [6, 6.07) is 0. The predicted molar refractivity (Wildman–Crippen MR) is 110 cm³/mol. The van der Waals surface area contributed by atoms with E-state index in [-0.39, 0.29) is 36.3 Å². The number of hydrogen-bond donors (Lipinski definition) is 2. The van der Waals surface area contributed by atoms with Gasteiger partial charge in [-0.15, -0.1) is 0 Å². The SMILES string of the molecule is C/C=C(/C)C(=O)OC1CC2C(=C1C)CC(C(O)C(=O)O)C(OC(=O)CCC)CC2C. The average Bonchev–Trinajstić information content (AvgIpc) is 2.92. The van der Waals surface area contributed by atoms with Crippen LogP contribution in [0.25, 0.3) is 0 Å². The monoisotopic (exact) mass is 422 g/mol. The lowest BCUT2D eigenvalue weighted by Gasteiger charge is -2.28. The Morgan fingerprint density at radius 2 is 1.90 bits per heavy atom. The molecule has 0 aromatic rings. The van der Waals surface area contributed by atoms with Crippen LogP contribution in [0.3, 0.4) is 0 Å². The van der Waals surface area contributed by atoms with Gasteiger partial charge in [0.1, 0.15) is 12.2 Å². The summed E-state index contributed by atoms with van der Waals surface area (Å²) < 4.78 is 11.3. The van der Waals surface area contributed by atoms with E-state index >= 15 is 0 Å². The van der Waals surface area contributed by atoms with E-state index in [0.29, 0.717) is 31.3 Å². The molecule has 1 saturated carbocycles. The fourth-order valence-electron chi connectivity index (χ4n) is 4.57. The number of aliphatic hydroxyl groups excluding tert-OH is 1. The fraction of sp³-hybridized carbons (Fsp3) is 0.696. The first-order valence-corrected chi connectivity index (χ1v) is 10.7. The highest BCUT2D eigenvalue weighted by Gasteiger charge is 2.46.